The first kappa shape index (κ1) is 27.3. The number of fused-ring (bicyclic) bond motifs is 3. The summed E-state index contributed by atoms with van der Waals surface area (Å²) in [6, 6.07) is 5.45. The summed E-state index contributed by atoms with van der Waals surface area (Å²) in [6.07, 6.45) is 9.70. The molecule has 1 saturated heterocycles. The van der Waals surface area contributed by atoms with Crippen LogP contribution in [0.4, 0.5) is 4.79 Å². The number of rotatable bonds is 11. The Balaban J connectivity index is 1.41. The third-order valence-corrected chi connectivity index (χ3v) is 7.09. The molecule has 7 nitrogen and oxygen atoms in total. The molecule has 1 fully saturated rings. The number of aromatic nitrogens is 1. The molecular weight excluding hydrogens is 490 g/mol. The summed E-state index contributed by atoms with van der Waals surface area (Å²) in [4.78, 5) is 18.1. The van der Waals surface area contributed by atoms with E-state index in [2.05, 4.69) is 16.9 Å². The molecule has 2 aliphatic rings. The maximum absolute atomic E-state index is 12.9. The van der Waals surface area contributed by atoms with Crippen molar-refractivity contribution in [2.24, 2.45) is 0 Å². The Morgan fingerprint density at radius 1 is 1.35 bits per heavy atom. The number of ether oxygens (including phenoxy) is 3. The van der Waals surface area contributed by atoms with Crippen molar-refractivity contribution in [2.45, 2.75) is 51.7 Å². The average molecular weight is 528 g/mol. The highest BCUT2D eigenvalue weighted by Crippen LogP contribution is 2.39. The van der Waals surface area contributed by atoms with Crippen LogP contribution in [-0.4, -0.2) is 61.5 Å². The van der Waals surface area contributed by atoms with Crippen LogP contribution in [0.5, 0.6) is 0 Å². The van der Waals surface area contributed by atoms with Crippen molar-refractivity contribution >= 4 is 28.6 Å². The molecule has 8 heteroatoms. The molecule has 4 rings (SSSR count). The van der Waals surface area contributed by atoms with Gasteiger partial charge >= 0.3 is 6.09 Å². The molecule has 0 bridgehead atoms. The molecule has 37 heavy (non-hydrogen) atoms. The van der Waals surface area contributed by atoms with Gasteiger partial charge in [0.1, 0.15) is 11.8 Å². The molecule has 2 aliphatic heterocycles. The molecule has 0 saturated carbocycles. The predicted molar refractivity (Wildman–Crippen MR) is 148 cm³/mol. The maximum atomic E-state index is 12.9. The molecule has 0 spiro atoms. The number of hydrogen-bond donors (Lipinski definition) is 2. The Hall–Kier alpha value is -2.74. The topological polar surface area (TPSA) is 75.8 Å². The zero-order valence-electron chi connectivity index (χ0n) is 21.9. The van der Waals surface area contributed by atoms with Crippen LogP contribution in [-0.2, 0) is 20.6 Å². The Morgan fingerprint density at radius 2 is 2.22 bits per heavy atom. The summed E-state index contributed by atoms with van der Waals surface area (Å²) in [5.41, 5.74) is 3.88. The van der Waals surface area contributed by atoms with E-state index in [1.165, 1.54) is 0 Å². The number of amides is 1. The van der Waals surface area contributed by atoms with E-state index in [1.54, 1.807) is 4.90 Å². The van der Waals surface area contributed by atoms with Gasteiger partial charge in [0.25, 0.3) is 0 Å². The minimum atomic E-state index is -0.370. The number of allylic oxidation sites excluding steroid dienone is 2. The van der Waals surface area contributed by atoms with Gasteiger partial charge in [0.2, 0.25) is 0 Å². The van der Waals surface area contributed by atoms with Crippen molar-refractivity contribution in [3.8, 4) is 0 Å². The first-order valence-electron chi connectivity index (χ1n) is 13.2. The molecule has 2 aromatic rings. The van der Waals surface area contributed by atoms with E-state index < -0.39 is 0 Å². The fourth-order valence-electron chi connectivity index (χ4n) is 5.01. The summed E-state index contributed by atoms with van der Waals surface area (Å²) >= 11 is 6.28. The number of carbonyl (C=O) groups excluding carboxylic acids is 1. The highest BCUT2D eigenvalue weighted by molar-refractivity contribution is 6.31. The zero-order chi connectivity index (χ0) is 26.2. The van der Waals surface area contributed by atoms with Gasteiger partial charge < -0.3 is 24.5 Å². The third-order valence-electron chi connectivity index (χ3n) is 6.85. The Bertz CT molecular complexity index is 1150. The lowest BCUT2D eigenvalue weighted by molar-refractivity contribution is 0.0931. The Kier molecular flexibility index (Phi) is 9.72. The predicted octanol–water partition coefficient (Wildman–Crippen LogP) is 6.07. The molecule has 0 radical (unpaired) electrons. The van der Waals surface area contributed by atoms with Crippen LogP contribution in [0, 0.1) is 0 Å². The first-order chi connectivity index (χ1) is 18.0. The van der Waals surface area contributed by atoms with Crippen LogP contribution in [0.3, 0.4) is 0 Å². The quantitative estimate of drug-likeness (QED) is 0.211. The van der Waals surface area contributed by atoms with Crippen molar-refractivity contribution in [1.29, 1.82) is 0 Å². The van der Waals surface area contributed by atoms with Gasteiger partial charge in [-0.2, -0.15) is 0 Å². The maximum Gasteiger partial charge on any atom is 0.410 e. The number of hydrogen-bond acceptors (Lipinski definition) is 5. The summed E-state index contributed by atoms with van der Waals surface area (Å²) in [6.45, 7) is 12.2. The van der Waals surface area contributed by atoms with E-state index >= 15 is 0 Å². The highest BCUT2D eigenvalue weighted by atomic mass is 35.5. The SMILES string of the molecule is C=C(C=CC(=CC)OCCCNCC1CCCO1)C1c2[nH]c3ccc(Cl)cc3c2CCN1C(=O)OCC. The molecule has 2 atom stereocenters. The average Bonchev–Trinajstić information content (AvgIpc) is 3.54. The zero-order valence-corrected chi connectivity index (χ0v) is 22.6. The van der Waals surface area contributed by atoms with Crippen molar-refractivity contribution in [3.05, 3.63) is 70.6 Å². The summed E-state index contributed by atoms with van der Waals surface area (Å²) < 4.78 is 17.0. The molecular formula is C29H38ClN3O4. The number of aromatic amines is 1. The van der Waals surface area contributed by atoms with Gasteiger partial charge in [0, 0.05) is 41.3 Å². The lowest BCUT2D eigenvalue weighted by atomic mass is 9.93. The molecule has 0 aliphatic carbocycles. The van der Waals surface area contributed by atoms with Gasteiger partial charge in [-0.1, -0.05) is 24.3 Å². The minimum absolute atomic E-state index is 0.318. The lowest BCUT2D eigenvalue weighted by Crippen LogP contribution is -2.41. The number of nitrogens with zero attached hydrogens (tertiary/aromatic N) is 1. The van der Waals surface area contributed by atoms with Crippen LogP contribution >= 0.6 is 11.6 Å². The molecule has 1 amide bonds. The lowest BCUT2D eigenvalue weighted by Gasteiger charge is -2.35. The summed E-state index contributed by atoms with van der Waals surface area (Å²) in [5, 5.41) is 5.22. The molecule has 2 unspecified atom stereocenters. The fourth-order valence-corrected chi connectivity index (χ4v) is 5.18. The number of H-pyrrole nitrogens is 1. The Labute approximate surface area is 224 Å². The minimum Gasteiger partial charge on any atom is -0.494 e. The van der Waals surface area contributed by atoms with Crippen molar-refractivity contribution < 1.29 is 19.0 Å². The number of nitrogens with one attached hydrogen (secondary N) is 2. The van der Waals surface area contributed by atoms with Gasteiger partial charge in [0.05, 0.1) is 19.3 Å². The standard InChI is InChI=1S/C29H38ClN3O4/c1-4-22(36-17-7-14-31-19-23-8-6-16-37-23)11-9-20(3)28-27-24(13-15-33(28)29(34)35-5-2)25-18-21(30)10-12-26(25)32-27/h4,9-12,18,23,28,31-32H,3,5-8,13-17,19H2,1-2H3. The molecule has 1 aromatic carbocycles. The monoisotopic (exact) mass is 527 g/mol. The van der Waals surface area contributed by atoms with Crippen molar-refractivity contribution in [2.75, 3.05) is 39.5 Å². The second-order valence-corrected chi connectivity index (χ2v) is 9.83. The van der Waals surface area contributed by atoms with Crippen LogP contribution in [0.25, 0.3) is 10.9 Å². The van der Waals surface area contributed by atoms with Crippen LogP contribution in [0.1, 0.15) is 50.4 Å². The van der Waals surface area contributed by atoms with Crippen LogP contribution in [0.15, 0.2) is 54.3 Å². The molecule has 3 heterocycles. The Morgan fingerprint density at radius 3 is 2.97 bits per heavy atom. The molecule has 2 N–H and O–H groups in total. The largest absolute Gasteiger partial charge is 0.494 e. The van der Waals surface area contributed by atoms with E-state index in [1.807, 2.05) is 50.3 Å². The van der Waals surface area contributed by atoms with E-state index in [9.17, 15) is 4.79 Å². The smallest absolute Gasteiger partial charge is 0.410 e. The van der Waals surface area contributed by atoms with Gasteiger partial charge in [-0.15, -0.1) is 0 Å². The molecule has 200 valence electrons. The van der Waals surface area contributed by atoms with E-state index in [0.29, 0.717) is 37.3 Å². The normalized spacial score (nSPS) is 20.0. The van der Waals surface area contributed by atoms with Gasteiger partial charge in [0.15, 0.2) is 0 Å². The highest BCUT2D eigenvalue weighted by Gasteiger charge is 2.35. The van der Waals surface area contributed by atoms with Crippen molar-refractivity contribution in [3.63, 3.8) is 0 Å². The summed E-state index contributed by atoms with van der Waals surface area (Å²) in [5.74, 6) is 0.766. The van der Waals surface area contributed by atoms with Crippen LogP contribution in [0.2, 0.25) is 5.02 Å². The number of carbonyl (C=O) groups is 1. The number of halogens is 1. The molecule has 1 aromatic heterocycles. The van der Waals surface area contributed by atoms with Gasteiger partial charge in [-0.25, -0.2) is 4.79 Å². The van der Waals surface area contributed by atoms with Gasteiger partial charge in [-0.3, -0.25) is 4.90 Å². The second-order valence-electron chi connectivity index (χ2n) is 9.39. The van der Waals surface area contributed by atoms with Crippen molar-refractivity contribution in [1.82, 2.24) is 15.2 Å². The second kappa shape index (κ2) is 13.2. The van der Waals surface area contributed by atoms with E-state index in [4.69, 9.17) is 25.8 Å². The first-order valence-corrected chi connectivity index (χ1v) is 13.6. The van der Waals surface area contributed by atoms with Crippen LogP contribution < -0.4 is 5.32 Å². The number of benzene rings is 1. The van der Waals surface area contributed by atoms with Gasteiger partial charge in [-0.05, 0) is 87.6 Å². The summed E-state index contributed by atoms with van der Waals surface area (Å²) in [7, 11) is 0. The van der Waals surface area contributed by atoms with E-state index in [0.717, 1.165) is 72.5 Å². The third kappa shape index (κ3) is 6.78. The van der Waals surface area contributed by atoms with E-state index in [-0.39, 0.29) is 12.1 Å². The fraction of sp³-hybridized carbons (Fsp3) is 0.483.